The lowest BCUT2D eigenvalue weighted by Crippen LogP contribution is -2.52. The van der Waals surface area contributed by atoms with Gasteiger partial charge in [0.05, 0.1) is 5.92 Å². The van der Waals surface area contributed by atoms with Gasteiger partial charge in [0.2, 0.25) is 8.32 Å². The second-order valence-electron chi connectivity index (χ2n) is 13.3. The molecule has 2 aromatic rings. The van der Waals surface area contributed by atoms with Crippen molar-refractivity contribution < 1.29 is 41.6 Å². The van der Waals surface area contributed by atoms with E-state index in [-0.39, 0.29) is 23.6 Å². The Morgan fingerprint density at radius 1 is 0.886 bits per heavy atom. The van der Waals surface area contributed by atoms with Gasteiger partial charge < -0.3 is 14.0 Å². The zero-order valence-corrected chi connectivity index (χ0v) is 27.3. The highest BCUT2D eigenvalue weighted by Gasteiger charge is 2.65. The quantitative estimate of drug-likeness (QED) is 0.149. The smallest absolute Gasteiger partial charge is 0.442 e. The molecule has 1 atom stereocenters. The van der Waals surface area contributed by atoms with Crippen LogP contribution < -0.4 is 0 Å². The lowest BCUT2D eigenvalue weighted by molar-refractivity contribution is -0.166. The first-order valence-corrected chi connectivity index (χ1v) is 17.1. The molecule has 0 unspecified atom stereocenters. The Morgan fingerprint density at radius 2 is 1.45 bits per heavy atom. The number of hydrogen-bond acceptors (Lipinski definition) is 8. The number of hydroxylamine groups is 2. The van der Waals surface area contributed by atoms with Crippen molar-refractivity contribution >= 4 is 26.3 Å². The summed E-state index contributed by atoms with van der Waals surface area (Å²) in [4.78, 5) is 40.3. The zero-order chi connectivity index (χ0) is 33.1. The molecule has 0 spiro atoms. The maximum absolute atomic E-state index is 13.7. The first-order valence-electron chi connectivity index (χ1n) is 14.2. The molecule has 0 radical (unpaired) electrons. The summed E-state index contributed by atoms with van der Waals surface area (Å²) < 4.78 is 57.5. The van der Waals surface area contributed by atoms with Crippen molar-refractivity contribution in [1.82, 2.24) is 5.06 Å². The second kappa shape index (κ2) is 12.8. The molecule has 1 aliphatic heterocycles. The number of hydrogen-bond donors (Lipinski definition) is 0. The van der Waals surface area contributed by atoms with Crippen molar-refractivity contribution in [1.29, 1.82) is 0 Å². The normalized spacial score (nSPS) is 15.3. The van der Waals surface area contributed by atoms with Crippen LogP contribution >= 0.6 is 0 Å². The van der Waals surface area contributed by atoms with Crippen LogP contribution in [0.15, 0.2) is 64.8 Å². The predicted octanol–water partition coefficient (Wildman–Crippen LogP) is 7.86. The van der Waals surface area contributed by atoms with E-state index >= 15 is 0 Å². The van der Waals surface area contributed by atoms with Gasteiger partial charge in [-0.2, -0.15) is 13.2 Å². The number of carbonyl (C=O) groups is 3. The molecule has 3 rings (SSSR count). The number of ether oxygens (including phenoxy) is 2. The van der Waals surface area contributed by atoms with Crippen molar-refractivity contribution in [3.05, 3.63) is 71.3 Å². The van der Waals surface area contributed by atoms with Crippen molar-refractivity contribution in [3.63, 3.8) is 0 Å². The summed E-state index contributed by atoms with van der Waals surface area (Å²) in [5.74, 6) is -2.63. The van der Waals surface area contributed by atoms with E-state index in [2.05, 4.69) is 10.2 Å². The van der Waals surface area contributed by atoms with Gasteiger partial charge in [-0.3, -0.25) is 9.59 Å². The summed E-state index contributed by atoms with van der Waals surface area (Å²) in [5, 5.41) is 6.66. The van der Waals surface area contributed by atoms with Crippen LogP contribution in [0.5, 0.6) is 0 Å². The first-order chi connectivity index (χ1) is 20.2. The van der Waals surface area contributed by atoms with Crippen LogP contribution in [0.25, 0.3) is 0 Å². The van der Waals surface area contributed by atoms with Crippen LogP contribution in [-0.4, -0.2) is 43.1 Å². The molecule has 44 heavy (non-hydrogen) atoms. The molecule has 2 aromatic carbocycles. The van der Waals surface area contributed by atoms with Gasteiger partial charge in [-0.25, -0.2) is 4.79 Å². The summed E-state index contributed by atoms with van der Waals surface area (Å²) in [6.07, 6.45) is -6.24. The molecule has 0 aromatic heterocycles. The van der Waals surface area contributed by atoms with E-state index in [9.17, 15) is 27.6 Å². The molecule has 0 bridgehead atoms. The minimum atomic E-state index is -4.68. The van der Waals surface area contributed by atoms with Crippen molar-refractivity contribution in [2.75, 3.05) is 0 Å². The van der Waals surface area contributed by atoms with E-state index < -0.39 is 56.1 Å². The van der Waals surface area contributed by atoms with Gasteiger partial charge in [0.15, 0.2) is 0 Å². The van der Waals surface area contributed by atoms with Crippen molar-refractivity contribution in [3.8, 4) is 0 Å². The predicted molar refractivity (Wildman–Crippen MR) is 158 cm³/mol. The highest BCUT2D eigenvalue weighted by atomic mass is 28.4. The molecule has 1 aliphatic rings. The number of imide groups is 1. The maximum Gasteiger partial charge on any atom is 0.442 e. The van der Waals surface area contributed by atoms with Gasteiger partial charge in [-0.05, 0) is 56.5 Å². The number of benzene rings is 2. The molecule has 0 fully saturated rings. The summed E-state index contributed by atoms with van der Waals surface area (Å²) in [6.45, 7) is 14.4. The third-order valence-electron chi connectivity index (χ3n) is 7.42. The van der Waals surface area contributed by atoms with Crippen LogP contribution in [0.1, 0.15) is 64.7 Å². The summed E-state index contributed by atoms with van der Waals surface area (Å²) in [7, 11) is -2.74. The molecular formula is C31H40F3N3O6Si. The summed E-state index contributed by atoms with van der Waals surface area (Å²) in [6, 6.07) is 14.3. The molecule has 9 nitrogen and oxygen atoms in total. The Kier molecular flexibility index (Phi) is 10.2. The van der Waals surface area contributed by atoms with Crippen LogP contribution in [-0.2, 0) is 42.3 Å². The SMILES string of the molecule is CC(C)(C)OC(=O)N(O[Si](C)(C)C(C)(C)C)C(=O)C[C@@H](Cc1ccc(C2(C(F)(F)F)N=N2)cc1)C(=O)OCc1ccccc1. The first kappa shape index (κ1) is 34.9. The number of carbonyl (C=O) groups excluding carboxylic acids is 3. The van der Waals surface area contributed by atoms with Gasteiger partial charge in [-0.1, -0.05) is 75.4 Å². The average molecular weight is 636 g/mol. The number of amides is 2. The highest BCUT2D eigenvalue weighted by molar-refractivity contribution is 6.74. The summed E-state index contributed by atoms with van der Waals surface area (Å²) >= 11 is 0. The molecule has 0 N–H and O–H groups in total. The maximum atomic E-state index is 13.7. The monoisotopic (exact) mass is 635 g/mol. The molecule has 240 valence electrons. The third-order valence-corrected chi connectivity index (χ3v) is 11.7. The topological polar surface area (TPSA) is 107 Å². The zero-order valence-electron chi connectivity index (χ0n) is 26.3. The number of rotatable bonds is 10. The lowest BCUT2D eigenvalue weighted by atomic mass is 9.93. The Hall–Kier alpha value is -3.58. The number of nitrogens with zero attached hydrogens (tertiary/aromatic N) is 3. The fourth-order valence-corrected chi connectivity index (χ4v) is 4.74. The standard InChI is InChI=1S/C31H40F3N3O6Si/c1-28(2,3)42-27(40)37(43-44(7,8)29(4,5)6)25(38)19-23(26(39)41-20-22-12-10-9-11-13-22)18-21-14-16-24(17-15-21)30(35-36-30)31(32,33)34/h9-17,23H,18-20H2,1-8H3/t23-/m1/s1. The molecule has 0 aliphatic carbocycles. The largest absolute Gasteiger partial charge is 0.461 e. The van der Waals surface area contributed by atoms with E-state index in [1.54, 1.807) is 45.0 Å². The van der Waals surface area contributed by atoms with Gasteiger partial charge >= 0.3 is 23.9 Å². The van der Waals surface area contributed by atoms with Crippen LogP contribution in [0.4, 0.5) is 18.0 Å². The third kappa shape index (κ3) is 8.75. The van der Waals surface area contributed by atoms with Gasteiger partial charge in [0.1, 0.15) is 12.2 Å². The highest BCUT2D eigenvalue weighted by Crippen LogP contribution is 2.52. The minimum Gasteiger partial charge on any atom is -0.461 e. The van der Waals surface area contributed by atoms with Gasteiger partial charge in [0.25, 0.3) is 5.91 Å². The van der Waals surface area contributed by atoms with Crippen LogP contribution in [0, 0.1) is 5.92 Å². The van der Waals surface area contributed by atoms with Crippen LogP contribution in [0.3, 0.4) is 0 Å². The Balaban J connectivity index is 1.88. The number of esters is 1. The Bertz CT molecular complexity index is 1360. The average Bonchev–Trinajstić information content (AvgIpc) is 3.72. The number of halogens is 3. The molecule has 0 saturated carbocycles. The van der Waals surface area contributed by atoms with Crippen molar-refractivity contribution in [2.24, 2.45) is 16.1 Å². The molecule has 1 heterocycles. The van der Waals surface area contributed by atoms with E-state index in [4.69, 9.17) is 14.0 Å². The fourth-order valence-electron chi connectivity index (χ4n) is 3.84. The lowest BCUT2D eigenvalue weighted by Gasteiger charge is -2.39. The Labute approximate surface area is 256 Å². The second-order valence-corrected chi connectivity index (χ2v) is 18.0. The van der Waals surface area contributed by atoms with Crippen LogP contribution in [0.2, 0.25) is 18.1 Å². The molecule has 13 heteroatoms. The van der Waals surface area contributed by atoms with E-state index in [1.807, 2.05) is 39.9 Å². The molecular weight excluding hydrogens is 595 g/mol. The van der Waals surface area contributed by atoms with E-state index in [1.165, 1.54) is 24.3 Å². The van der Waals surface area contributed by atoms with E-state index in [0.29, 0.717) is 10.6 Å². The summed E-state index contributed by atoms with van der Waals surface area (Å²) in [5.41, 5.74) is -2.48. The number of alkyl halides is 3. The molecule has 0 saturated heterocycles. The van der Waals surface area contributed by atoms with E-state index in [0.717, 1.165) is 5.56 Å². The van der Waals surface area contributed by atoms with Gasteiger partial charge in [0, 0.05) is 12.0 Å². The molecule has 2 amide bonds. The fraction of sp³-hybridized carbons (Fsp3) is 0.516. The Morgan fingerprint density at radius 3 is 1.93 bits per heavy atom. The van der Waals surface area contributed by atoms with Gasteiger partial charge in [-0.15, -0.1) is 15.3 Å². The minimum absolute atomic E-state index is 0.0589. The van der Waals surface area contributed by atoms with Crippen molar-refractivity contribution in [2.45, 2.75) is 96.6 Å².